The summed E-state index contributed by atoms with van der Waals surface area (Å²) in [5.74, 6) is -1.06. The number of carbonyl (C=O) groups is 3. The summed E-state index contributed by atoms with van der Waals surface area (Å²) >= 11 is 5.82. The van der Waals surface area contributed by atoms with Crippen LogP contribution in [0.3, 0.4) is 0 Å². The smallest absolute Gasteiger partial charge is 0.303 e. The summed E-state index contributed by atoms with van der Waals surface area (Å²) in [6.07, 6.45) is -0.338. The Labute approximate surface area is 156 Å². The molecule has 26 heavy (non-hydrogen) atoms. The van der Waals surface area contributed by atoms with Crippen LogP contribution in [0.5, 0.6) is 5.75 Å². The predicted molar refractivity (Wildman–Crippen MR) is 97.9 cm³/mol. The Morgan fingerprint density at radius 2 is 1.42 bits per heavy atom. The van der Waals surface area contributed by atoms with E-state index in [1.165, 1.54) is 0 Å². The first kappa shape index (κ1) is 19.7. The number of aliphatic carboxylic acids is 1. The number of carboxylic acid groups (broad SMARTS) is 1. The van der Waals surface area contributed by atoms with Crippen LogP contribution in [-0.2, 0) is 9.59 Å². The van der Waals surface area contributed by atoms with Crippen molar-refractivity contribution < 1.29 is 24.2 Å². The van der Waals surface area contributed by atoms with Crippen LogP contribution < -0.4 is 4.74 Å². The van der Waals surface area contributed by atoms with E-state index in [0.717, 1.165) is 0 Å². The molecule has 0 amide bonds. The van der Waals surface area contributed by atoms with Gasteiger partial charge >= 0.3 is 5.97 Å². The zero-order chi connectivity index (χ0) is 19.3. The first-order valence-corrected chi connectivity index (χ1v) is 8.41. The van der Waals surface area contributed by atoms with Gasteiger partial charge in [0.25, 0.3) is 0 Å². The standard InChI is InChI=1S/C20H19ClO5/c1-20(2,17(22)11-12-18(23)24)26-16-9-5-14(6-10-16)19(25)13-3-7-15(21)8-4-13/h3-10H,11-12H2,1-2H3,(H,23,24). The lowest BCUT2D eigenvalue weighted by molar-refractivity contribution is -0.140. The molecule has 0 heterocycles. The molecule has 2 aromatic rings. The Bertz CT molecular complexity index is 807. The molecule has 2 rings (SSSR count). The molecule has 0 unspecified atom stereocenters. The Morgan fingerprint density at radius 1 is 0.923 bits per heavy atom. The molecule has 0 fully saturated rings. The van der Waals surface area contributed by atoms with Gasteiger partial charge in [0.1, 0.15) is 5.75 Å². The molecule has 0 aromatic heterocycles. The van der Waals surface area contributed by atoms with Gasteiger partial charge in [0, 0.05) is 22.6 Å². The van der Waals surface area contributed by atoms with Gasteiger partial charge in [0.15, 0.2) is 17.2 Å². The molecule has 2 aromatic carbocycles. The van der Waals surface area contributed by atoms with E-state index in [4.69, 9.17) is 21.4 Å². The molecular formula is C20H19ClO5. The summed E-state index contributed by atoms with van der Waals surface area (Å²) in [6.45, 7) is 3.17. The van der Waals surface area contributed by atoms with Crippen LogP contribution in [0.4, 0.5) is 0 Å². The summed E-state index contributed by atoms with van der Waals surface area (Å²) in [7, 11) is 0. The maximum absolute atomic E-state index is 12.4. The molecule has 0 saturated heterocycles. The lowest BCUT2D eigenvalue weighted by Crippen LogP contribution is -2.38. The Hall–Kier alpha value is -2.66. The number of ether oxygens (including phenoxy) is 1. The minimum atomic E-state index is -1.16. The van der Waals surface area contributed by atoms with Gasteiger partial charge in [-0.1, -0.05) is 11.6 Å². The first-order valence-electron chi connectivity index (χ1n) is 8.03. The van der Waals surface area contributed by atoms with Crippen LogP contribution in [-0.4, -0.2) is 28.2 Å². The summed E-state index contributed by atoms with van der Waals surface area (Å²) < 4.78 is 5.68. The van der Waals surface area contributed by atoms with Crippen molar-refractivity contribution in [2.45, 2.75) is 32.3 Å². The maximum atomic E-state index is 12.4. The minimum absolute atomic E-state index is 0.102. The van der Waals surface area contributed by atoms with Crippen molar-refractivity contribution in [3.63, 3.8) is 0 Å². The van der Waals surface area contributed by atoms with Crippen LogP contribution >= 0.6 is 11.6 Å². The lowest BCUT2D eigenvalue weighted by Gasteiger charge is -2.25. The van der Waals surface area contributed by atoms with Crippen molar-refractivity contribution >= 4 is 29.1 Å². The zero-order valence-electron chi connectivity index (χ0n) is 14.5. The van der Waals surface area contributed by atoms with E-state index in [2.05, 4.69) is 0 Å². The summed E-state index contributed by atoms with van der Waals surface area (Å²) in [4.78, 5) is 35.1. The number of benzene rings is 2. The third-order valence-electron chi connectivity index (χ3n) is 3.83. The molecule has 0 aliphatic carbocycles. The van der Waals surface area contributed by atoms with E-state index in [0.29, 0.717) is 21.9 Å². The Kier molecular flexibility index (Phi) is 6.16. The van der Waals surface area contributed by atoms with Crippen LogP contribution in [0.2, 0.25) is 5.02 Å². The average molecular weight is 375 g/mol. The molecule has 0 aliphatic heterocycles. The van der Waals surface area contributed by atoms with E-state index < -0.39 is 11.6 Å². The fraction of sp³-hybridized carbons (Fsp3) is 0.250. The molecule has 0 aliphatic rings. The highest BCUT2D eigenvalue weighted by atomic mass is 35.5. The van der Waals surface area contributed by atoms with E-state index in [1.807, 2.05) is 0 Å². The number of ketones is 2. The monoisotopic (exact) mass is 374 g/mol. The van der Waals surface area contributed by atoms with Gasteiger partial charge in [0.05, 0.1) is 6.42 Å². The maximum Gasteiger partial charge on any atom is 0.303 e. The molecular weight excluding hydrogens is 356 g/mol. The van der Waals surface area contributed by atoms with E-state index in [-0.39, 0.29) is 24.4 Å². The highest BCUT2D eigenvalue weighted by molar-refractivity contribution is 6.30. The molecule has 0 saturated carbocycles. The van der Waals surface area contributed by atoms with Crippen molar-refractivity contribution in [3.05, 3.63) is 64.7 Å². The molecule has 136 valence electrons. The van der Waals surface area contributed by atoms with Crippen molar-refractivity contribution in [2.75, 3.05) is 0 Å². The molecule has 5 nitrogen and oxygen atoms in total. The van der Waals surface area contributed by atoms with Crippen LogP contribution in [0.25, 0.3) is 0 Å². The SMILES string of the molecule is CC(C)(Oc1ccc(C(=O)c2ccc(Cl)cc2)cc1)C(=O)CCC(=O)O. The van der Waals surface area contributed by atoms with Gasteiger partial charge in [-0.15, -0.1) is 0 Å². The summed E-state index contributed by atoms with van der Waals surface area (Å²) in [5.41, 5.74) is -0.154. The number of hydrogen-bond acceptors (Lipinski definition) is 4. The van der Waals surface area contributed by atoms with Crippen molar-refractivity contribution in [1.82, 2.24) is 0 Å². The van der Waals surface area contributed by atoms with Crippen LogP contribution in [0, 0.1) is 0 Å². The third kappa shape index (κ3) is 5.17. The average Bonchev–Trinajstić information content (AvgIpc) is 2.60. The van der Waals surface area contributed by atoms with Crippen molar-refractivity contribution in [2.24, 2.45) is 0 Å². The molecule has 0 bridgehead atoms. The molecule has 0 spiro atoms. The third-order valence-corrected chi connectivity index (χ3v) is 4.09. The van der Waals surface area contributed by atoms with Gasteiger partial charge in [-0.2, -0.15) is 0 Å². The predicted octanol–water partition coefficient (Wildman–Crippen LogP) is 4.16. The minimum Gasteiger partial charge on any atom is -0.481 e. The normalized spacial score (nSPS) is 11.0. The number of hydrogen-bond donors (Lipinski definition) is 1. The number of rotatable bonds is 8. The summed E-state index contributed by atoms with van der Waals surface area (Å²) in [6, 6.07) is 13.0. The fourth-order valence-electron chi connectivity index (χ4n) is 2.32. The Balaban J connectivity index is 2.06. The van der Waals surface area contributed by atoms with E-state index in [9.17, 15) is 14.4 Å². The summed E-state index contributed by atoms with van der Waals surface area (Å²) in [5, 5.41) is 9.23. The van der Waals surface area contributed by atoms with Crippen molar-refractivity contribution in [3.8, 4) is 5.75 Å². The topological polar surface area (TPSA) is 80.7 Å². The van der Waals surface area contributed by atoms with Crippen LogP contribution in [0.1, 0.15) is 42.6 Å². The highest BCUT2D eigenvalue weighted by Crippen LogP contribution is 2.22. The second kappa shape index (κ2) is 8.15. The van der Waals surface area contributed by atoms with Crippen LogP contribution in [0.15, 0.2) is 48.5 Å². The van der Waals surface area contributed by atoms with Gasteiger partial charge < -0.3 is 9.84 Å². The Morgan fingerprint density at radius 3 is 1.92 bits per heavy atom. The largest absolute Gasteiger partial charge is 0.481 e. The molecule has 0 radical (unpaired) electrons. The molecule has 1 N–H and O–H groups in total. The number of carbonyl (C=O) groups excluding carboxylic acids is 2. The molecule has 0 atom stereocenters. The second-order valence-corrected chi connectivity index (χ2v) is 6.73. The lowest BCUT2D eigenvalue weighted by atomic mass is 9.99. The zero-order valence-corrected chi connectivity index (χ0v) is 15.2. The first-order chi connectivity index (χ1) is 12.2. The number of halogens is 1. The quantitative estimate of drug-likeness (QED) is 0.701. The molecule has 6 heteroatoms. The van der Waals surface area contributed by atoms with Gasteiger partial charge in [-0.25, -0.2) is 0 Å². The van der Waals surface area contributed by atoms with E-state index >= 15 is 0 Å². The highest BCUT2D eigenvalue weighted by Gasteiger charge is 2.29. The van der Waals surface area contributed by atoms with Gasteiger partial charge in [-0.3, -0.25) is 14.4 Å². The van der Waals surface area contributed by atoms with Gasteiger partial charge in [0.2, 0.25) is 0 Å². The van der Waals surface area contributed by atoms with E-state index in [1.54, 1.807) is 62.4 Å². The fourth-order valence-corrected chi connectivity index (χ4v) is 2.44. The number of carboxylic acids is 1. The van der Waals surface area contributed by atoms with Crippen molar-refractivity contribution in [1.29, 1.82) is 0 Å². The van der Waals surface area contributed by atoms with Gasteiger partial charge in [-0.05, 0) is 62.4 Å². The number of Topliss-reactive ketones (excluding diaryl/α,β-unsaturated/α-hetero) is 1. The second-order valence-electron chi connectivity index (χ2n) is 6.29.